The van der Waals surface area contributed by atoms with Crippen LogP contribution in [0.1, 0.15) is 14.7 Å². The molecule has 0 rings (SSSR count). The molecule has 0 saturated carbocycles. The predicted molar refractivity (Wildman–Crippen MR) is 22.2 cm³/mol. The second-order valence-corrected chi connectivity index (χ2v) is 0.846. The Morgan fingerprint density at radius 3 is 3.00 bits per heavy atom. The van der Waals surface area contributed by atoms with Crippen molar-refractivity contribution >= 4 is 0 Å². The van der Waals surface area contributed by atoms with E-state index < -0.39 is 0 Å². The van der Waals surface area contributed by atoms with Gasteiger partial charge in [0.2, 0.25) is 0 Å². The van der Waals surface area contributed by atoms with E-state index in [1.165, 1.54) is 0 Å². The molecule has 0 aliphatic carbocycles. The van der Waals surface area contributed by atoms with Crippen molar-refractivity contribution in [2.45, 2.75) is 13.3 Å². The summed E-state index contributed by atoms with van der Waals surface area (Å²) in [6, 6.07) is 0. The molecule has 1 heteroatoms. The van der Waals surface area contributed by atoms with Gasteiger partial charge in [0.15, 0.2) is 0 Å². The van der Waals surface area contributed by atoms with E-state index in [0.29, 0.717) is 6.90 Å². The monoisotopic (exact) mass is 76.1 g/mol. The zero-order valence-corrected chi connectivity index (χ0v) is 3.53. The van der Waals surface area contributed by atoms with Crippen molar-refractivity contribution in [1.29, 1.82) is 0 Å². The van der Waals surface area contributed by atoms with Gasteiger partial charge < -0.3 is 4.74 Å². The van der Waals surface area contributed by atoms with Crippen LogP contribution in [0.4, 0.5) is 0 Å². The Labute approximate surface area is 34.4 Å². The van der Waals surface area contributed by atoms with E-state index in [-0.39, 0.29) is 0 Å². The maximum absolute atomic E-state index is 6.63. The lowest BCUT2D eigenvalue weighted by molar-refractivity contribution is 0.199. The molecule has 0 fully saturated rings. The normalized spacial score (nSPS) is 11.0. The van der Waals surface area contributed by atoms with Gasteiger partial charge in [0, 0.05) is 15.1 Å². The molecule has 0 atom stereocenters. The van der Waals surface area contributed by atoms with E-state index >= 15 is 0 Å². The topological polar surface area (TPSA) is 9.23 Å². The van der Waals surface area contributed by atoms with Crippen LogP contribution in [-0.2, 0) is 4.74 Å². The van der Waals surface area contributed by atoms with Crippen molar-refractivity contribution in [3.63, 3.8) is 0 Å². The number of hydrogen-bond acceptors (Lipinski definition) is 1. The molecular weight excluding hydrogens is 64.0 g/mol. The quantitative estimate of drug-likeness (QED) is 0.446. The average molecular weight is 76.1 g/mol. The van der Waals surface area contributed by atoms with Crippen molar-refractivity contribution < 1.29 is 6.11 Å². The zero-order valence-electron chi connectivity index (χ0n) is 4.53. The Morgan fingerprint density at radius 1 is 2.00 bits per heavy atom. The van der Waals surface area contributed by atoms with E-state index in [9.17, 15) is 0 Å². The Kier molecular flexibility index (Phi) is 2.50. The average Bonchev–Trinajstić information content (AvgIpc) is 1.61. The van der Waals surface area contributed by atoms with Crippen LogP contribution in [0.3, 0.4) is 0 Å². The first-order chi connectivity index (χ1) is 2.91. The smallest absolute Gasteiger partial charge is 0.0459 e. The molecule has 0 radical (unpaired) electrons. The van der Waals surface area contributed by atoms with Gasteiger partial charge in [-0.25, -0.2) is 0 Å². The van der Waals surface area contributed by atoms with E-state index in [4.69, 9.17) is 1.37 Å². The summed E-state index contributed by atoms with van der Waals surface area (Å²) in [6.45, 7) is 1.21. The maximum Gasteiger partial charge on any atom is 0.0459 e. The first kappa shape index (κ1) is 3.16. The second kappa shape index (κ2) is 3.96. The van der Waals surface area contributed by atoms with Gasteiger partial charge in [-0.3, -0.25) is 0 Å². The van der Waals surface area contributed by atoms with Gasteiger partial charge in [-0.1, -0.05) is 6.90 Å². The molecule has 0 heterocycles. The fourth-order valence-corrected chi connectivity index (χ4v) is 0.144. The van der Waals surface area contributed by atoms with Crippen molar-refractivity contribution in [2.75, 3.05) is 13.7 Å². The number of ether oxygens (including phenoxy) is 1. The van der Waals surface area contributed by atoms with E-state index in [2.05, 4.69) is 4.74 Å². The molecular formula is C4H10O. The Morgan fingerprint density at radius 2 is 2.80 bits per heavy atom. The van der Waals surface area contributed by atoms with Crippen LogP contribution in [0, 0.1) is 0 Å². The molecule has 0 aromatic rings. The highest BCUT2D eigenvalue weighted by Gasteiger charge is 1.66. The molecule has 0 unspecified atom stereocenters. The third-order valence-corrected chi connectivity index (χ3v) is 0.348. The van der Waals surface area contributed by atoms with Gasteiger partial charge in [0.1, 0.15) is 0 Å². The minimum absolute atomic E-state index is 0.480. The van der Waals surface area contributed by atoms with Crippen LogP contribution in [0.15, 0.2) is 0 Å². The van der Waals surface area contributed by atoms with Crippen LogP contribution < -0.4 is 0 Å². The largest absolute Gasteiger partial charge is 0.385 e. The lowest BCUT2D eigenvalue weighted by Crippen LogP contribution is -1.80. The third-order valence-electron chi connectivity index (χ3n) is 0.348. The molecule has 0 aromatic heterocycles. The summed E-state index contributed by atoms with van der Waals surface area (Å²) in [6.07, 6.45) is 0.858. The van der Waals surface area contributed by atoms with Gasteiger partial charge >= 0.3 is 0 Å². The molecule has 0 aromatic carbocycles. The van der Waals surface area contributed by atoms with Gasteiger partial charge in [-0.2, -0.15) is 0 Å². The van der Waals surface area contributed by atoms with Crippen molar-refractivity contribution in [3.05, 3.63) is 0 Å². The third kappa shape index (κ3) is 3.96. The molecule has 0 saturated heterocycles. The zero-order chi connectivity index (χ0) is 4.83. The maximum atomic E-state index is 6.63. The van der Waals surface area contributed by atoms with Crippen molar-refractivity contribution in [3.8, 4) is 0 Å². The van der Waals surface area contributed by atoms with Gasteiger partial charge in [0.25, 0.3) is 0 Å². The highest BCUT2D eigenvalue weighted by Crippen LogP contribution is 1.70. The summed E-state index contributed by atoms with van der Waals surface area (Å²) in [5.41, 5.74) is 0. The Bertz CT molecular complexity index is 19.5. The van der Waals surface area contributed by atoms with E-state index in [1.54, 1.807) is 7.11 Å². The molecule has 0 bridgehead atoms. The van der Waals surface area contributed by atoms with Crippen molar-refractivity contribution in [2.24, 2.45) is 0 Å². The summed E-state index contributed by atoms with van der Waals surface area (Å²) in [5, 5.41) is 0. The van der Waals surface area contributed by atoms with Crippen LogP contribution in [-0.4, -0.2) is 13.7 Å². The van der Waals surface area contributed by atoms with Gasteiger partial charge in [0.05, 0.1) is 0 Å². The summed E-state index contributed by atoms with van der Waals surface area (Å²) in [5.74, 6) is 0. The van der Waals surface area contributed by atoms with Crippen LogP contribution in [0.5, 0.6) is 0 Å². The van der Waals surface area contributed by atoms with Gasteiger partial charge in [-0.05, 0) is 6.42 Å². The number of rotatable bonds is 2. The Balaban J connectivity index is 2.34. The highest BCUT2D eigenvalue weighted by atomic mass is 16.5. The van der Waals surface area contributed by atoms with Crippen LogP contribution in [0.25, 0.3) is 0 Å². The first-order valence-corrected chi connectivity index (χ1v) is 1.70. The second-order valence-electron chi connectivity index (χ2n) is 0.846. The van der Waals surface area contributed by atoms with Crippen LogP contribution in [0.2, 0.25) is 0 Å². The van der Waals surface area contributed by atoms with Crippen molar-refractivity contribution in [1.82, 2.24) is 0 Å². The molecule has 5 heavy (non-hydrogen) atoms. The first-order valence-electron chi connectivity index (χ1n) is 2.40. The molecule has 32 valence electrons. The SMILES string of the molecule is [3H]CCCOC. The van der Waals surface area contributed by atoms with E-state index in [1.807, 2.05) is 0 Å². The lowest BCUT2D eigenvalue weighted by atomic mass is 10.5. The summed E-state index contributed by atoms with van der Waals surface area (Å²) < 4.78 is 11.3. The minimum Gasteiger partial charge on any atom is -0.385 e. The number of methoxy groups -OCH3 is 1. The molecule has 1 nitrogen and oxygen atoms in total. The van der Waals surface area contributed by atoms with E-state index in [0.717, 1.165) is 13.0 Å². The molecule has 0 aliphatic rings. The standard InChI is InChI=1S/C4H10O/c1-3-4-5-2/h3-4H2,1-2H3/i1T. The fourth-order valence-electron chi connectivity index (χ4n) is 0.144. The fraction of sp³-hybridized carbons (Fsp3) is 1.00. The van der Waals surface area contributed by atoms with Gasteiger partial charge in [-0.15, -0.1) is 0 Å². The van der Waals surface area contributed by atoms with Crippen LogP contribution >= 0.6 is 0 Å². The summed E-state index contributed by atoms with van der Waals surface area (Å²) >= 11 is 0. The minimum atomic E-state index is 0.480. The molecule has 0 N–H and O–H groups in total. The molecule has 0 aliphatic heterocycles. The Hall–Kier alpha value is -0.0400. The molecule has 0 spiro atoms. The summed E-state index contributed by atoms with van der Waals surface area (Å²) in [7, 11) is 1.65. The highest BCUT2D eigenvalue weighted by molar-refractivity contribution is 4.15. The summed E-state index contributed by atoms with van der Waals surface area (Å²) in [4.78, 5) is 0. The lowest BCUT2D eigenvalue weighted by Gasteiger charge is -1.84. The predicted octanol–water partition coefficient (Wildman–Crippen LogP) is 1.04. The molecule has 0 amide bonds. The number of hydrogen-bond donors (Lipinski definition) is 0.